The number of hydrogen-bond donors (Lipinski definition) is 2. The van der Waals surface area contributed by atoms with Crippen LogP contribution in [-0.4, -0.2) is 25.0 Å². The van der Waals surface area contributed by atoms with E-state index in [0.29, 0.717) is 11.4 Å². The smallest absolute Gasteiger partial charge is 0.143 e. The minimum atomic E-state index is 0.0194. The number of nitrogens with zero attached hydrogens (tertiary/aromatic N) is 2. The fraction of sp³-hybridized carbons (Fsp3) is 0.200. The lowest BCUT2D eigenvalue weighted by Gasteiger charge is -2.22. The molecule has 0 bridgehead atoms. The Morgan fingerprint density at radius 2 is 1.90 bits per heavy atom. The fourth-order valence-electron chi connectivity index (χ4n) is 2.06. The summed E-state index contributed by atoms with van der Waals surface area (Å²) in [5.41, 5.74) is 8.22. The second-order valence-electron chi connectivity index (χ2n) is 4.50. The molecule has 0 aliphatic carbocycles. The number of nitrogen functional groups attached to an aromatic ring is 1. The van der Waals surface area contributed by atoms with E-state index in [1.807, 2.05) is 49.2 Å². The molecule has 0 radical (unpaired) electrons. The van der Waals surface area contributed by atoms with Crippen molar-refractivity contribution in [1.29, 1.82) is 5.41 Å². The van der Waals surface area contributed by atoms with Crippen LogP contribution < -0.4 is 15.4 Å². The molecule has 0 unspecified atom stereocenters. The summed E-state index contributed by atoms with van der Waals surface area (Å²) < 4.78 is 5.15. The summed E-state index contributed by atoms with van der Waals surface area (Å²) in [6.45, 7) is 1.92. The van der Waals surface area contributed by atoms with Crippen molar-refractivity contribution >= 4 is 17.3 Å². The van der Waals surface area contributed by atoms with Crippen LogP contribution in [0.1, 0.15) is 11.1 Å². The maximum atomic E-state index is 7.73. The summed E-state index contributed by atoms with van der Waals surface area (Å²) in [6.07, 6.45) is 1.72. The topological polar surface area (TPSA) is 75.2 Å². The minimum absolute atomic E-state index is 0.0194. The third-order valence-electron chi connectivity index (χ3n) is 3.19. The highest BCUT2D eigenvalue weighted by atomic mass is 16.5. The number of nitrogens with two attached hydrogens (primary N) is 1. The van der Waals surface area contributed by atoms with Gasteiger partial charge in [0.1, 0.15) is 17.4 Å². The van der Waals surface area contributed by atoms with Crippen molar-refractivity contribution in [2.24, 2.45) is 5.73 Å². The van der Waals surface area contributed by atoms with Crippen LogP contribution in [-0.2, 0) is 0 Å². The van der Waals surface area contributed by atoms with Gasteiger partial charge in [0.25, 0.3) is 0 Å². The Labute approximate surface area is 118 Å². The number of anilines is 2. The number of benzene rings is 1. The first-order valence-electron chi connectivity index (χ1n) is 6.22. The number of aromatic nitrogens is 1. The fourth-order valence-corrected chi connectivity index (χ4v) is 2.06. The molecule has 0 spiro atoms. The van der Waals surface area contributed by atoms with Gasteiger partial charge in [-0.25, -0.2) is 4.98 Å². The van der Waals surface area contributed by atoms with Crippen molar-refractivity contribution in [2.45, 2.75) is 6.92 Å². The predicted octanol–water partition coefficient (Wildman–Crippen LogP) is 2.45. The highest BCUT2D eigenvalue weighted by Crippen LogP contribution is 2.27. The van der Waals surface area contributed by atoms with Crippen LogP contribution in [0.3, 0.4) is 0 Å². The SMILES string of the molecule is COc1ccc(N(C)c2nccc(C)c2C(=N)N)cc1. The molecule has 1 heterocycles. The number of methoxy groups -OCH3 is 1. The number of rotatable bonds is 4. The predicted molar refractivity (Wildman–Crippen MR) is 81.0 cm³/mol. The quantitative estimate of drug-likeness (QED) is 0.661. The number of nitrogens with one attached hydrogen (secondary N) is 1. The summed E-state index contributed by atoms with van der Waals surface area (Å²) in [5, 5.41) is 7.73. The van der Waals surface area contributed by atoms with Crippen LogP contribution >= 0.6 is 0 Å². The van der Waals surface area contributed by atoms with E-state index in [4.69, 9.17) is 15.9 Å². The van der Waals surface area contributed by atoms with Crippen LogP contribution in [0.2, 0.25) is 0 Å². The van der Waals surface area contributed by atoms with Crippen molar-refractivity contribution in [1.82, 2.24) is 4.98 Å². The molecule has 2 rings (SSSR count). The van der Waals surface area contributed by atoms with Gasteiger partial charge in [-0.15, -0.1) is 0 Å². The maximum absolute atomic E-state index is 7.73. The molecule has 2 aromatic rings. The minimum Gasteiger partial charge on any atom is -0.497 e. The van der Waals surface area contributed by atoms with Crippen molar-refractivity contribution in [3.63, 3.8) is 0 Å². The van der Waals surface area contributed by atoms with E-state index in [-0.39, 0.29) is 5.84 Å². The van der Waals surface area contributed by atoms with E-state index >= 15 is 0 Å². The van der Waals surface area contributed by atoms with Crippen LogP contribution in [0.15, 0.2) is 36.5 Å². The standard InChI is InChI=1S/C15H18N4O/c1-10-8-9-18-15(13(10)14(16)17)19(2)11-4-6-12(20-3)7-5-11/h4-9H,1-3H3,(H3,16,17). The largest absolute Gasteiger partial charge is 0.497 e. The normalized spacial score (nSPS) is 10.2. The molecule has 0 amide bonds. The summed E-state index contributed by atoms with van der Waals surface area (Å²) in [7, 11) is 3.53. The Kier molecular flexibility index (Phi) is 3.89. The highest BCUT2D eigenvalue weighted by Gasteiger charge is 2.15. The van der Waals surface area contributed by atoms with Gasteiger partial charge < -0.3 is 15.4 Å². The molecule has 0 saturated heterocycles. The Morgan fingerprint density at radius 1 is 1.25 bits per heavy atom. The van der Waals surface area contributed by atoms with E-state index < -0.39 is 0 Å². The Hall–Kier alpha value is -2.56. The zero-order valence-corrected chi connectivity index (χ0v) is 11.8. The Balaban J connectivity index is 2.44. The third-order valence-corrected chi connectivity index (χ3v) is 3.19. The Morgan fingerprint density at radius 3 is 2.45 bits per heavy atom. The van der Waals surface area contributed by atoms with Gasteiger partial charge in [0.15, 0.2) is 0 Å². The summed E-state index contributed by atoms with van der Waals surface area (Å²) >= 11 is 0. The van der Waals surface area contributed by atoms with E-state index in [0.717, 1.165) is 17.0 Å². The van der Waals surface area contributed by atoms with Crippen molar-refractivity contribution in [3.8, 4) is 5.75 Å². The molecular weight excluding hydrogens is 252 g/mol. The second kappa shape index (κ2) is 5.61. The van der Waals surface area contributed by atoms with Crippen LogP contribution in [0.5, 0.6) is 5.75 Å². The summed E-state index contributed by atoms with van der Waals surface area (Å²) in [4.78, 5) is 6.26. The maximum Gasteiger partial charge on any atom is 0.143 e. The average Bonchev–Trinajstić information content (AvgIpc) is 2.46. The van der Waals surface area contributed by atoms with E-state index in [1.54, 1.807) is 13.3 Å². The van der Waals surface area contributed by atoms with Gasteiger partial charge in [0, 0.05) is 18.9 Å². The average molecular weight is 270 g/mol. The van der Waals surface area contributed by atoms with Crippen LogP contribution in [0.25, 0.3) is 0 Å². The third kappa shape index (κ3) is 2.56. The number of aryl methyl sites for hydroxylation is 1. The molecule has 104 valence electrons. The summed E-state index contributed by atoms with van der Waals surface area (Å²) in [5.74, 6) is 1.49. The van der Waals surface area contributed by atoms with Gasteiger partial charge >= 0.3 is 0 Å². The zero-order chi connectivity index (χ0) is 14.7. The highest BCUT2D eigenvalue weighted by molar-refractivity contribution is 6.01. The zero-order valence-electron chi connectivity index (χ0n) is 11.8. The number of hydrogen-bond acceptors (Lipinski definition) is 4. The monoisotopic (exact) mass is 270 g/mol. The van der Waals surface area contributed by atoms with Crippen LogP contribution in [0, 0.1) is 12.3 Å². The molecule has 0 aliphatic heterocycles. The lowest BCUT2D eigenvalue weighted by atomic mass is 10.1. The van der Waals surface area contributed by atoms with Gasteiger partial charge in [-0.3, -0.25) is 5.41 Å². The van der Waals surface area contributed by atoms with Gasteiger partial charge in [0.05, 0.1) is 12.7 Å². The molecule has 0 fully saturated rings. The lowest BCUT2D eigenvalue weighted by molar-refractivity contribution is 0.415. The second-order valence-corrected chi connectivity index (χ2v) is 4.50. The van der Waals surface area contributed by atoms with Gasteiger partial charge in [-0.2, -0.15) is 0 Å². The van der Waals surface area contributed by atoms with E-state index in [2.05, 4.69) is 4.98 Å². The van der Waals surface area contributed by atoms with E-state index in [1.165, 1.54) is 0 Å². The van der Waals surface area contributed by atoms with Crippen molar-refractivity contribution in [2.75, 3.05) is 19.1 Å². The molecule has 5 nitrogen and oxygen atoms in total. The Bertz CT molecular complexity index is 622. The first-order valence-corrected chi connectivity index (χ1v) is 6.22. The lowest BCUT2D eigenvalue weighted by Crippen LogP contribution is -2.21. The summed E-state index contributed by atoms with van der Waals surface area (Å²) in [6, 6.07) is 9.49. The molecule has 0 atom stereocenters. The number of amidine groups is 1. The molecule has 5 heteroatoms. The van der Waals surface area contributed by atoms with E-state index in [9.17, 15) is 0 Å². The van der Waals surface area contributed by atoms with Gasteiger partial charge in [-0.05, 0) is 42.8 Å². The molecule has 0 saturated carbocycles. The molecular formula is C15H18N4O. The number of ether oxygens (including phenoxy) is 1. The van der Waals surface area contributed by atoms with Gasteiger partial charge in [-0.1, -0.05) is 0 Å². The number of pyridine rings is 1. The molecule has 20 heavy (non-hydrogen) atoms. The molecule has 1 aromatic heterocycles. The molecule has 3 N–H and O–H groups in total. The van der Waals surface area contributed by atoms with Crippen molar-refractivity contribution < 1.29 is 4.74 Å². The van der Waals surface area contributed by atoms with Crippen LogP contribution in [0.4, 0.5) is 11.5 Å². The van der Waals surface area contributed by atoms with Crippen molar-refractivity contribution in [3.05, 3.63) is 47.7 Å². The first-order chi connectivity index (χ1) is 9.54. The first kappa shape index (κ1) is 13.9. The van der Waals surface area contributed by atoms with Gasteiger partial charge in [0.2, 0.25) is 0 Å². The molecule has 1 aromatic carbocycles. The molecule has 0 aliphatic rings.